The fraction of sp³-hybridized carbons (Fsp3) is 0.533. The number of phenolic OH excluding ortho intramolecular Hbond substituents is 2. The molecule has 0 aromatic heterocycles. The molecule has 2 unspecified atom stereocenters. The third kappa shape index (κ3) is 2.44. The van der Waals surface area contributed by atoms with E-state index in [0.717, 1.165) is 37.1 Å². The topological polar surface area (TPSA) is 60.8 Å². The molecule has 0 spiro atoms. The number of benzene rings is 1. The van der Waals surface area contributed by atoms with Crippen LogP contribution in [0.4, 0.5) is 0 Å². The lowest BCUT2D eigenvalue weighted by atomic mass is 9.82. The first kappa shape index (κ1) is 15.3. The molecule has 20 heavy (non-hydrogen) atoms. The van der Waals surface area contributed by atoms with E-state index in [1.54, 1.807) is 12.1 Å². The number of halogens is 1. The smallest absolute Gasteiger partial charge is 0.157 e. The summed E-state index contributed by atoms with van der Waals surface area (Å²) in [6.45, 7) is 3.80. The Balaban J connectivity index is 0.00000147. The van der Waals surface area contributed by atoms with Gasteiger partial charge < -0.3 is 10.2 Å². The molecule has 5 heteroatoms. The average molecular weight is 342 g/mol. The van der Waals surface area contributed by atoms with Crippen molar-refractivity contribution in [2.45, 2.75) is 32.2 Å². The molecule has 2 atom stereocenters. The van der Waals surface area contributed by atoms with Crippen LogP contribution in [0, 0.1) is 5.92 Å². The molecule has 2 aliphatic rings. The van der Waals surface area contributed by atoms with E-state index in [1.807, 2.05) is 0 Å². The van der Waals surface area contributed by atoms with Crippen molar-refractivity contribution in [1.29, 1.82) is 0 Å². The molecule has 0 radical (unpaired) electrons. The van der Waals surface area contributed by atoms with E-state index in [2.05, 4.69) is 11.8 Å². The number of piperidine rings is 1. The van der Waals surface area contributed by atoms with Crippen molar-refractivity contribution >= 4 is 22.8 Å². The Hall–Kier alpha value is -1.07. The Bertz CT molecular complexity index is 532. The quantitative estimate of drug-likeness (QED) is 0.770. The predicted molar refractivity (Wildman–Crippen MR) is 81.5 cm³/mol. The van der Waals surface area contributed by atoms with Crippen LogP contribution in [-0.4, -0.2) is 34.0 Å². The van der Waals surface area contributed by atoms with Crippen LogP contribution in [0.5, 0.6) is 11.5 Å². The molecule has 2 aliphatic heterocycles. The standard InChI is InChI=1S/C15H19NO3.BrH/c1-2-9-8-16-4-3-10-5-14(18)15(19)6-11(10)12(16)7-13(9)17;/h5-6,9,12,18-19H,2-4,7-8H2,1H3;1H. The highest BCUT2D eigenvalue weighted by Gasteiger charge is 2.37. The second kappa shape index (κ2) is 5.74. The van der Waals surface area contributed by atoms with E-state index in [4.69, 9.17) is 0 Å². The van der Waals surface area contributed by atoms with Gasteiger partial charge in [-0.15, -0.1) is 17.0 Å². The predicted octanol–water partition coefficient (Wildman–Crippen LogP) is 2.57. The highest BCUT2D eigenvalue weighted by molar-refractivity contribution is 8.93. The van der Waals surface area contributed by atoms with Gasteiger partial charge in [-0.05, 0) is 36.1 Å². The molecule has 1 fully saturated rings. The van der Waals surface area contributed by atoms with E-state index in [1.165, 1.54) is 0 Å². The van der Waals surface area contributed by atoms with Gasteiger partial charge in [0.25, 0.3) is 0 Å². The molecule has 1 aromatic rings. The molecule has 0 amide bonds. The van der Waals surface area contributed by atoms with Gasteiger partial charge in [0.15, 0.2) is 11.5 Å². The van der Waals surface area contributed by atoms with Crippen molar-refractivity contribution in [1.82, 2.24) is 4.90 Å². The van der Waals surface area contributed by atoms with Gasteiger partial charge in [-0.2, -0.15) is 0 Å². The van der Waals surface area contributed by atoms with Gasteiger partial charge >= 0.3 is 0 Å². The summed E-state index contributed by atoms with van der Waals surface area (Å²) in [4.78, 5) is 14.4. The lowest BCUT2D eigenvalue weighted by Gasteiger charge is -2.42. The number of nitrogens with zero attached hydrogens (tertiary/aromatic N) is 1. The van der Waals surface area contributed by atoms with Crippen LogP contribution in [0.2, 0.25) is 0 Å². The zero-order valence-corrected chi connectivity index (χ0v) is 13.2. The number of Topliss-reactive ketones (excluding diaryl/α,β-unsaturated/α-hetero) is 1. The zero-order valence-electron chi connectivity index (χ0n) is 11.5. The van der Waals surface area contributed by atoms with Crippen molar-refractivity contribution in [3.63, 3.8) is 0 Å². The normalized spacial score (nSPS) is 25.6. The van der Waals surface area contributed by atoms with Crippen molar-refractivity contribution in [2.24, 2.45) is 5.92 Å². The number of carbonyl (C=O) groups is 1. The fourth-order valence-electron chi connectivity index (χ4n) is 3.34. The molecular weight excluding hydrogens is 322 g/mol. The van der Waals surface area contributed by atoms with Gasteiger partial charge in [0.05, 0.1) is 0 Å². The summed E-state index contributed by atoms with van der Waals surface area (Å²) in [6.07, 6.45) is 2.29. The minimum absolute atomic E-state index is 0. The maximum absolute atomic E-state index is 12.1. The number of fused-ring (bicyclic) bond motifs is 3. The van der Waals surface area contributed by atoms with Crippen LogP contribution in [0.3, 0.4) is 0 Å². The summed E-state index contributed by atoms with van der Waals surface area (Å²) < 4.78 is 0. The molecule has 2 N–H and O–H groups in total. The van der Waals surface area contributed by atoms with Gasteiger partial charge in [0.2, 0.25) is 0 Å². The molecular formula is C15H20BrNO3. The van der Waals surface area contributed by atoms with Crippen LogP contribution in [0.25, 0.3) is 0 Å². The van der Waals surface area contributed by atoms with Crippen LogP contribution in [0.1, 0.15) is 36.9 Å². The summed E-state index contributed by atoms with van der Waals surface area (Å²) in [5, 5.41) is 19.2. The molecule has 1 saturated heterocycles. The Morgan fingerprint density at radius 2 is 2.00 bits per heavy atom. The molecule has 0 aliphatic carbocycles. The maximum atomic E-state index is 12.1. The zero-order chi connectivity index (χ0) is 13.6. The van der Waals surface area contributed by atoms with E-state index < -0.39 is 0 Å². The van der Waals surface area contributed by atoms with Crippen molar-refractivity contribution in [3.05, 3.63) is 23.3 Å². The van der Waals surface area contributed by atoms with Gasteiger partial charge in [-0.1, -0.05) is 6.92 Å². The minimum atomic E-state index is -0.0920. The number of ketones is 1. The highest BCUT2D eigenvalue weighted by Crippen LogP contribution is 2.41. The minimum Gasteiger partial charge on any atom is -0.504 e. The maximum Gasteiger partial charge on any atom is 0.157 e. The highest BCUT2D eigenvalue weighted by atomic mass is 79.9. The van der Waals surface area contributed by atoms with Crippen LogP contribution >= 0.6 is 17.0 Å². The molecule has 4 nitrogen and oxygen atoms in total. The summed E-state index contributed by atoms with van der Waals surface area (Å²) in [7, 11) is 0. The second-order valence-corrected chi connectivity index (χ2v) is 5.58. The van der Waals surface area contributed by atoms with Gasteiger partial charge in [0, 0.05) is 31.5 Å². The van der Waals surface area contributed by atoms with Crippen LogP contribution in [-0.2, 0) is 11.2 Å². The van der Waals surface area contributed by atoms with Crippen molar-refractivity contribution in [3.8, 4) is 11.5 Å². The van der Waals surface area contributed by atoms with E-state index >= 15 is 0 Å². The number of hydrogen-bond acceptors (Lipinski definition) is 4. The number of phenols is 2. The lowest BCUT2D eigenvalue weighted by molar-refractivity contribution is -0.128. The van der Waals surface area contributed by atoms with E-state index in [9.17, 15) is 15.0 Å². The third-order valence-corrected chi connectivity index (χ3v) is 4.50. The van der Waals surface area contributed by atoms with Gasteiger partial charge in [-0.25, -0.2) is 0 Å². The Morgan fingerprint density at radius 1 is 1.30 bits per heavy atom. The average Bonchev–Trinajstić information content (AvgIpc) is 2.40. The summed E-state index contributed by atoms with van der Waals surface area (Å²) in [5.41, 5.74) is 2.06. The fourth-order valence-corrected chi connectivity index (χ4v) is 3.34. The number of aromatic hydroxyl groups is 2. The van der Waals surface area contributed by atoms with E-state index in [-0.39, 0.29) is 40.4 Å². The number of carbonyl (C=O) groups excluding carboxylic acids is 1. The third-order valence-electron chi connectivity index (χ3n) is 4.50. The second-order valence-electron chi connectivity index (χ2n) is 5.58. The van der Waals surface area contributed by atoms with Crippen molar-refractivity contribution < 1.29 is 15.0 Å². The monoisotopic (exact) mass is 341 g/mol. The summed E-state index contributed by atoms with van der Waals surface area (Å²) in [6, 6.07) is 3.34. The van der Waals surface area contributed by atoms with Gasteiger partial charge in [0.1, 0.15) is 5.78 Å². The first-order chi connectivity index (χ1) is 9.10. The largest absolute Gasteiger partial charge is 0.504 e. The molecule has 110 valence electrons. The van der Waals surface area contributed by atoms with Crippen molar-refractivity contribution in [2.75, 3.05) is 13.1 Å². The Morgan fingerprint density at radius 3 is 2.70 bits per heavy atom. The Labute approximate surface area is 129 Å². The van der Waals surface area contributed by atoms with Crippen LogP contribution < -0.4 is 0 Å². The molecule has 2 heterocycles. The first-order valence-electron chi connectivity index (χ1n) is 6.91. The number of rotatable bonds is 1. The molecule has 3 rings (SSSR count). The molecule has 0 bridgehead atoms. The molecule has 0 saturated carbocycles. The Kier molecular flexibility index (Phi) is 4.39. The van der Waals surface area contributed by atoms with Crippen LogP contribution in [0.15, 0.2) is 12.1 Å². The summed E-state index contributed by atoms with van der Waals surface area (Å²) in [5.74, 6) is 0.319. The SMILES string of the molecule is Br.CCC1CN2CCc3cc(O)c(O)cc3C2CC1=O. The summed E-state index contributed by atoms with van der Waals surface area (Å²) >= 11 is 0. The lowest BCUT2D eigenvalue weighted by Crippen LogP contribution is -2.46. The molecule has 1 aromatic carbocycles. The first-order valence-corrected chi connectivity index (χ1v) is 6.91. The number of hydrogen-bond donors (Lipinski definition) is 2. The van der Waals surface area contributed by atoms with Gasteiger partial charge in [-0.3, -0.25) is 9.69 Å². The van der Waals surface area contributed by atoms with E-state index in [0.29, 0.717) is 12.2 Å².